The van der Waals surface area contributed by atoms with Crippen molar-refractivity contribution < 1.29 is 9.72 Å². The minimum atomic E-state index is -0.392. The number of nitrogens with one attached hydrogen (secondary N) is 2. The van der Waals surface area contributed by atoms with Crippen molar-refractivity contribution in [1.29, 1.82) is 0 Å². The number of likely N-dealkylation sites (tertiary alicyclic amines) is 1. The van der Waals surface area contributed by atoms with Crippen molar-refractivity contribution >= 4 is 41.5 Å². The van der Waals surface area contributed by atoms with Gasteiger partial charge in [-0.15, -0.1) is 24.0 Å². The average molecular weight is 543 g/mol. The smallest absolute Gasteiger partial charge is 0.269 e. The van der Waals surface area contributed by atoms with Gasteiger partial charge in [0.25, 0.3) is 5.69 Å². The van der Waals surface area contributed by atoms with E-state index in [1.54, 1.807) is 12.1 Å². The van der Waals surface area contributed by atoms with E-state index in [0.717, 1.165) is 69.7 Å². The van der Waals surface area contributed by atoms with E-state index in [1.165, 1.54) is 25.0 Å². The molecule has 1 amide bonds. The molecule has 2 fully saturated rings. The lowest BCUT2D eigenvalue weighted by molar-refractivity contribution is -0.384. The molecular weight excluding hydrogens is 509 g/mol. The van der Waals surface area contributed by atoms with Crippen molar-refractivity contribution in [2.24, 2.45) is 4.99 Å². The van der Waals surface area contributed by atoms with Gasteiger partial charge in [0.1, 0.15) is 0 Å². The van der Waals surface area contributed by atoms with Gasteiger partial charge in [-0.3, -0.25) is 14.9 Å². The number of nitro groups is 1. The molecule has 0 aromatic heterocycles. The summed E-state index contributed by atoms with van der Waals surface area (Å²) in [7, 11) is 0. The lowest BCUT2D eigenvalue weighted by atomic mass is 10.2. The number of hydrogen-bond acceptors (Lipinski definition) is 4. The van der Waals surface area contributed by atoms with Crippen LogP contribution in [0.5, 0.6) is 0 Å². The number of non-ortho nitro benzene ring substituents is 1. The third-order valence-electron chi connectivity index (χ3n) is 5.83. The van der Waals surface area contributed by atoms with Crippen molar-refractivity contribution in [2.45, 2.75) is 70.4 Å². The summed E-state index contributed by atoms with van der Waals surface area (Å²) in [6, 6.07) is 6.97. The number of nitro benzene ring substituents is 1. The number of carbonyl (C=O) groups is 1. The van der Waals surface area contributed by atoms with Crippen LogP contribution in [0.2, 0.25) is 0 Å². The molecule has 0 bridgehead atoms. The third-order valence-corrected chi connectivity index (χ3v) is 5.83. The molecule has 0 spiro atoms. The Labute approximate surface area is 201 Å². The number of hydrogen-bond donors (Lipinski definition) is 2. The van der Waals surface area contributed by atoms with E-state index < -0.39 is 4.92 Å². The summed E-state index contributed by atoms with van der Waals surface area (Å²) < 4.78 is 0. The number of nitrogens with zero attached hydrogens (tertiary/aromatic N) is 3. The number of rotatable bonds is 8. The minimum Gasteiger partial charge on any atom is -0.356 e. The zero-order chi connectivity index (χ0) is 21.2. The summed E-state index contributed by atoms with van der Waals surface area (Å²) in [5.74, 6) is 1.06. The lowest BCUT2D eigenvalue weighted by Gasteiger charge is -2.21. The molecule has 172 valence electrons. The van der Waals surface area contributed by atoms with Gasteiger partial charge >= 0.3 is 0 Å². The largest absolute Gasteiger partial charge is 0.356 e. The van der Waals surface area contributed by atoms with Crippen molar-refractivity contribution in [3.63, 3.8) is 0 Å². The standard InChI is InChI=1S/C22H33N5O3.HI/c28-21-9-2-1-5-15-26(21)16-6-14-23-22(25-19-7-3-4-8-19)24-17-18-10-12-20(13-11-18)27(29)30;/h10-13,19H,1-9,14-17H2,(H2,23,24,25);1H. The van der Waals surface area contributed by atoms with Crippen molar-refractivity contribution in [3.05, 3.63) is 39.9 Å². The number of benzene rings is 1. The fourth-order valence-electron chi connectivity index (χ4n) is 4.06. The minimum absolute atomic E-state index is 0. The van der Waals surface area contributed by atoms with Crippen molar-refractivity contribution in [2.75, 3.05) is 19.6 Å². The Balaban J connectivity index is 0.00000341. The molecule has 1 heterocycles. The highest BCUT2D eigenvalue weighted by atomic mass is 127. The number of aliphatic imine (C=N–C) groups is 1. The summed E-state index contributed by atoms with van der Waals surface area (Å²) in [5, 5.41) is 17.7. The first kappa shape index (κ1) is 25.4. The first-order valence-corrected chi connectivity index (χ1v) is 11.2. The van der Waals surface area contributed by atoms with Gasteiger partial charge < -0.3 is 15.5 Å². The Morgan fingerprint density at radius 2 is 1.87 bits per heavy atom. The molecule has 2 aliphatic rings. The van der Waals surface area contributed by atoms with Crippen LogP contribution in [-0.4, -0.2) is 47.4 Å². The van der Waals surface area contributed by atoms with Crippen LogP contribution in [0.15, 0.2) is 29.3 Å². The Kier molecular flexibility index (Phi) is 11.0. The highest BCUT2D eigenvalue weighted by Crippen LogP contribution is 2.18. The first-order valence-electron chi connectivity index (χ1n) is 11.2. The molecule has 3 rings (SSSR count). The van der Waals surface area contributed by atoms with Gasteiger partial charge in [-0.1, -0.05) is 31.4 Å². The highest BCUT2D eigenvalue weighted by molar-refractivity contribution is 14.0. The number of carbonyl (C=O) groups excluding carboxylic acids is 1. The number of guanidine groups is 1. The molecule has 2 N–H and O–H groups in total. The topological polar surface area (TPSA) is 99.9 Å². The molecule has 1 aromatic carbocycles. The summed E-state index contributed by atoms with van der Waals surface area (Å²) in [6.45, 7) is 2.87. The van der Waals surface area contributed by atoms with E-state index in [9.17, 15) is 14.9 Å². The molecule has 1 aromatic rings. The van der Waals surface area contributed by atoms with Crippen LogP contribution in [-0.2, 0) is 11.3 Å². The maximum atomic E-state index is 12.1. The number of halogens is 1. The summed E-state index contributed by atoms with van der Waals surface area (Å²) in [6.07, 6.45) is 9.61. The highest BCUT2D eigenvalue weighted by Gasteiger charge is 2.17. The van der Waals surface area contributed by atoms with Crippen molar-refractivity contribution in [3.8, 4) is 0 Å². The van der Waals surface area contributed by atoms with Gasteiger partial charge in [0, 0.05) is 44.2 Å². The van der Waals surface area contributed by atoms with Gasteiger partial charge in [0.2, 0.25) is 5.91 Å². The second kappa shape index (κ2) is 13.5. The van der Waals surface area contributed by atoms with Gasteiger partial charge in [0.15, 0.2) is 5.96 Å². The summed E-state index contributed by atoms with van der Waals surface area (Å²) >= 11 is 0. The monoisotopic (exact) mass is 543 g/mol. The fourth-order valence-corrected chi connectivity index (χ4v) is 4.06. The molecular formula is C22H34IN5O3. The lowest BCUT2D eigenvalue weighted by Crippen LogP contribution is -2.43. The molecule has 1 aliphatic heterocycles. The second-order valence-corrected chi connectivity index (χ2v) is 8.19. The van der Waals surface area contributed by atoms with Gasteiger partial charge in [0.05, 0.1) is 11.5 Å². The molecule has 1 saturated carbocycles. The van der Waals surface area contributed by atoms with Crippen LogP contribution in [0.25, 0.3) is 0 Å². The van der Waals surface area contributed by atoms with Crippen molar-refractivity contribution in [1.82, 2.24) is 15.5 Å². The number of amides is 1. The molecule has 31 heavy (non-hydrogen) atoms. The normalized spacial score (nSPS) is 17.7. The predicted molar refractivity (Wildman–Crippen MR) is 133 cm³/mol. The maximum Gasteiger partial charge on any atom is 0.269 e. The van der Waals surface area contributed by atoms with E-state index in [4.69, 9.17) is 4.99 Å². The van der Waals surface area contributed by atoms with Crippen LogP contribution in [0.4, 0.5) is 5.69 Å². The second-order valence-electron chi connectivity index (χ2n) is 8.19. The van der Waals surface area contributed by atoms with E-state index in [1.807, 2.05) is 4.90 Å². The molecule has 1 aliphatic carbocycles. The molecule has 0 atom stereocenters. The quantitative estimate of drug-likeness (QED) is 0.129. The van der Waals surface area contributed by atoms with E-state index in [0.29, 0.717) is 19.0 Å². The molecule has 9 heteroatoms. The van der Waals surface area contributed by atoms with E-state index >= 15 is 0 Å². The fraction of sp³-hybridized carbons (Fsp3) is 0.636. The predicted octanol–water partition coefficient (Wildman–Crippen LogP) is 3.98. The van der Waals surface area contributed by atoms with Crippen LogP contribution in [0.1, 0.15) is 63.4 Å². The Morgan fingerprint density at radius 3 is 2.58 bits per heavy atom. The van der Waals surface area contributed by atoms with Crippen LogP contribution in [0, 0.1) is 10.1 Å². The van der Waals surface area contributed by atoms with Gasteiger partial charge in [-0.2, -0.15) is 0 Å². The Morgan fingerprint density at radius 1 is 1.13 bits per heavy atom. The van der Waals surface area contributed by atoms with Gasteiger partial charge in [-0.25, -0.2) is 4.99 Å². The van der Waals surface area contributed by atoms with E-state index in [2.05, 4.69) is 10.6 Å². The Hall–Kier alpha value is -1.91. The van der Waals surface area contributed by atoms with Gasteiger partial charge in [-0.05, 0) is 37.7 Å². The van der Waals surface area contributed by atoms with Crippen LogP contribution < -0.4 is 10.6 Å². The maximum absolute atomic E-state index is 12.1. The average Bonchev–Trinajstić information content (AvgIpc) is 3.17. The SMILES string of the molecule is I.O=C1CCCCCN1CCCNC(=NCc1ccc([N+](=O)[O-])cc1)NC1CCCC1. The molecule has 0 radical (unpaired) electrons. The third kappa shape index (κ3) is 8.62. The van der Waals surface area contributed by atoms with E-state index in [-0.39, 0.29) is 35.6 Å². The zero-order valence-electron chi connectivity index (χ0n) is 18.1. The first-order chi connectivity index (χ1) is 14.6. The zero-order valence-corrected chi connectivity index (χ0v) is 20.4. The molecule has 1 saturated heterocycles. The summed E-state index contributed by atoms with van der Waals surface area (Å²) in [4.78, 5) is 29.2. The summed E-state index contributed by atoms with van der Waals surface area (Å²) in [5.41, 5.74) is 1.02. The van der Waals surface area contributed by atoms with Crippen LogP contribution in [0.3, 0.4) is 0 Å². The molecule has 0 unspecified atom stereocenters. The molecule has 8 nitrogen and oxygen atoms in total. The Bertz CT molecular complexity index is 735. The van der Waals surface area contributed by atoms with Crippen LogP contribution >= 0.6 is 24.0 Å².